The molecular weight excluding hydrogens is 306 g/mol. The fourth-order valence-electron chi connectivity index (χ4n) is 1.81. The maximum Gasteiger partial charge on any atom is 0.275 e. The Kier molecular flexibility index (Phi) is 5.11. The number of thioether (sulfide) groups is 1. The van der Waals surface area contributed by atoms with Crippen LogP contribution >= 0.6 is 23.1 Å². The van der Waals surface area contributed by atoms with Crippen molar-refractivity contribution in [1.82, 2.24) is 5.43 Å². The number of rotatable bonds is 5. The van der Waals surface area contributed by atoms with Gasteiger partial charge in [-0.1, -0.05) is 0 Å². The van der Waals surface area contributed by atoms with Crippen molar-refractivity contribution in [3.63, 3.8) is 0 Å². The van der Waals surface area contributed by atoms with Crippen molar-refractivity contribution in [1.29, 1.82) is 0 Å². The minimum atomic E-state index is -0.260. The predicted molar refractivity (Wildman–Crippen MR) is 87.7 cm³/mol. The lowest BCUT2D eigenvalue weighted by atomic mass is 10.3. The molecule has 5 nitrogen and oxygen atoms in total. The fourth-order valence-corrected chi connectivity index (χ4v) is 3.90. The van der Waals surface area contributed by atoms with E-state index in [2.05, 4.69) is 5.43 Å². The van der Waals surface area contributed by atoms with Gasteiger partial charge in [-0.15, -0.1) is 23.1 Å². The average molecular weight is 323 g/mol. The van der Waals surface area contributed by atoms with E-state index in [-0.39, 0.29) is 5.91 Å². The molecule has 2 aromatic rings. The molecule has 0 aliphatic heterocycles. The highest BCUT2D eigenvalue weighted by Gasteiger charge is 2.12. The van der Waals surface area contributed by atoms with Crippen molar-refractivity contribution < 1.29 is 9.53 Å². The number of nitrogens with one attached hydrogen (secondary N) is 1. The number of carbonyl (C=O) groups excluding carboxylic acids is 1. The van der Waals surface area contributed by atoms with Crippen LogP contribution in [-0.4, -0.2) is 13.0 Å². The smallest absolute Gasteiger partial charge is 0.275 e. The largest absolute Gasteiger partial charge is 0.496 e. The van der Waals surface area contributed by atoms with Gasteiger partial charge >= 0.3 is 0 Å². The van der Waals surface area contributed by atoms with Crippen molar-refractivity contribution in [2.75, 3.05) is 12.8 Å². The number of hydrazine groups is 1. The van der Waals surface area contributed by atoms with Crippen molar-refractivity contribution in [2.24, 2.45) is 5.84 Å². The van der Waals surface area contributed by atoms with E-state index in [4.69, 9.17) is 16.3 Å². The fraction of sp³-hybridized carbons (Fsp3) is 0.214. The summed E-state index contributed by atoms with van der Waals surface area (Å²) in [6, 6.07) is 7.46. The van der Waals surface area contributed by atoms with Crippen LogP contribution in [0.3, 0.4) is 0 Å². The first kappa shape index (κ1) is 15.7. The van der Waals surface area contributed by atoms with Gasteiger partial charge in [0.25, 0.3) is 5.91 Å². The molecular formula is C14H17N3O2S2. The number of amides is 1. The molecule has 0 atom stereocenters. The number of anilines is 1. The number of hydrogen-bond acceptors (Lipinski definition) is 6. The van der Waals surface area contributed by atoms with Crippen molar-refractivity contribution in [3.05, 3.63) is 39.6 Å². The lowest BCUT2D eigenvalue weighted by Gasteiger charge is -2.08. The lowest BCUT2D eigenvalue weighted by Crippen LogP contribution is -2.29. The summed E-state index contributed by atoms with van der Waals surface area (Å²) in [5.74, 6) is 6.40. The number of nitrogen functional groups attached to an aromatic ring is 2. The van der Waals surface area contributed by atoms with Gasteiger partial charge in [-0.25, -0.2) is 5.84 Å². The third kappa shape index (κ3) is 3.69. The average Bonchev–Trinajstić information content (AvgIpc) is 2.86. The van der Waals surface area contributed by atoms with Crippen LogP contribution in [0.4, 0.5) is 5.69 Å². The number of nitrogens with two attached hydrogens (primary N) is 2. The highest BCUT2D eigenvalue weighted by molar-refractivity contribution is 7.98. The normalized spacial score (nSPS) is 10.4. The monoisotopic (exact) mass is 323 g/mol. The van der Waals surface area contributed by atoms with E-state index in [0.717, 1.165) is 26.8 Å². The van der Waals surface area contributed by atoms with Crippen LogP contribution in [0.1, 0.15) is 20.1 Å². The first-order valence-corrected chi connectivity index (χ1v) is 8.02. The van der Waals surface area contributed by atoms with E-state index >= 15 is 0 Å². The van der Waals surface area contributed by atoms with Crippen LogP contribution in [0.15, 0.2) is 29.2 Å². The Balaban J connectivity index is 2.13. The van der Waals surface area contributed by atoms with Gasteiger partial charge in [0.05, 0.1) is 12.0 Å². The molecule has 0 spiro atoms. The van der Waals surface area contributed by atoms with Crippen LogP contribution in [0.2, 0.25) is 0 Å². The van der Waals surface area contributed by atoms with Crippen LogP contribution < -0.4 is 21.7 Å². The molecule has 1 aromatic heterocycles. The van der Waals surface area contributed by atoms with E-state index in [9.17, 15) is 4.79 Å². The Morgan fingerprint density at radius 1 is 1.43 bits per heavy atom. The summed E-state index contributed by atoms with van der Waals surface area (Å²) in [5.41, 5.74) is 9.68. The number of benzene rings is 1. The maximum atomic E-state index is 11.5. The quantitative estimate of drug-likeness (QED) is 0.259. The molecule has 2 rings (SSSR count). The summed E-state index contributed by atoms with van der Waals surface area (Å²) >= 11 is 3.08. The second kappa shape index (κ2) is 6.84. The molecule has 1 amide bonds. The van der Waals surface area contributed by atoms with Crippen LogP contribution in [0, 0.1) is 6.92 Å². The molecule has 0 fully saturated rings. The maximum absolute atomic E-state index is 11.5. The zero-order valence-corrected chi connectivity index (χ0v) is 13.4. The lowest BCUT2D eigenvalue weighted by molar-refractivity contribution is 0.0957. The number of hydrogen-bond donors (Lipinski definition) is 3. The summed E-state index contributed by atoms with van der Waals surface area (Å²) in [6.07, 6.45) is 0. The standard InChI is InChI=1S/C14H17N3O2S2/c1-8-9(5-13(21-8)14(18)17-16)7-20-12-4-3-10(15)6-11(12)19-2/h3-6H,7,15-16H2,1-2H3,(H,17,18). The van der Waals surface area contributed by atoms with Gasteiger partial charge in [-0.3, -0.25) is 10.2 Å². The van der Waals surface area contributed by atoms with Gasteiger partial charge in [0, 0.05) is 27.3 Å². The number of carbonyl (C=O) groups is 1. The summed E-state index contributed by atoms with van der Waals surface area (Å²) in [5, 5.41) is 0. The highest BCUT2D eigenvalue weighted by Crippen LogP contribution is 2.35. The topological polar surface area (TPSA) is 90.4 Å². The first-order chi connectivity index (χ1) is 10.0. The summed E-state index contributed by atoms with van der Waals surface area (Å²) in [4.78, 5) is 14.3. The number of thiophene rings is 1. The first-order valence-electron chi connectivity index (χ1n) is 6.21. The molecule has 21 heavy (non-hydrogen) atoms. The van der Waals surface area contributed by atoms with E-state index in [0.29, 0.717) is 10.6 Å². The Labute approximate surface area is 131 Å². The highest BCUT2D eigenvalue weighted by atomic mass is 32.2. The summed E-state index contributed by atoms with van der Waals surface area (Å²) in [6.45, 7) is 1.99. The number of aryl methyl sites for hydroxylation is 1. The Hall–Kier alpha value is -1.70. The van der Waals surface area contributed by atoms with Crippen molar-refractivity contribution in [3.8, 4) is 5.75 Å². The van der Waals surface area contributed by atoms with E-state index < -0.39 is 0 Å². The van der Waals surface area contributed by atoms with Crippen molar-refractivity contribution in [2.45, 2.75) is 17.6 Å². The summed E-state index contributed by atoms with van der Waals surface area (Å²) < 4.78 is 5.33. The second-order valence-corrected chi connectivity index (χ2v) is 6.64. The minimum Gasteiger partial charge on any atom is -0.496 e. The molecule has 0 saturated carbocycles. The van der Waals surface area contributed by atoms with Gasteiger partial charge in [0.1, 0.15) is 5.75 Å². The third-order valence-corrected chi connectivity index (χ3v) is 5.14. The zero-order valence-electron chi connectivity index (χ0n) is 11.8. The van der Waals surface area contributed by atoms with Gasteiger partial charge < -0.3 is 10.5 Å². The van der Waals surface area contributed by atoms with E-state index in [1.807, 2.05) is 25.1 Å². The Bertz CT molecular complexity index is 656. The molecule has 0 aliphatic rings. The second-order valence-electron chi connectivity index (χ2n) is 4.36. The summed E-state index contributed by atoms with van der Waals surface area (Å²) in [7, 11) is 1.62. The minimum absolute atomic E-state index is 0.260. The number of methoxy groups -OCH3 is 1. The molecule has 0 aliphatic carbocycles. The van der Waals surface area contributed by atoms with Crippen molar-refractivity contribution >= 4 is 34.7 Å². The zero-order chi connectivity index (χ0) is 15.4. The molecule has 1 aromatic carbocycles. The molecule has 112 valence electrons. The third-order valence-electron chi connectivity index (χ3n) is 2.95. The van der Waals surface area contributed by atoms with Gasteiger partial charge in [-0.05, 0) is 30.7 Å². The van der Waals surface area contributed by atoms with Gasteiger partial charge in [0.2, 0.25) is 0 Å². The molecule has 1 heterocycles. The number of ether oxygens (including phenoxy) is 1. The molecule has 0 saturated heterocycles. The molecule has 0 unspecified atom stereocenters. The van der Waals surface area contributed by atoms with Crippen LogP contribution in [0.25, 0.3) is 0 Å². The van der Waals surface area contributed by atoms with E-state index in [1.165, 1.54) is 11.3 Å². The van der Waals surface area contributed by atoms with Crippen LogP contribution in [-0.2, 0) is 5.75 Å². The predicted octanol–water partition coefficient (Wildman–Crippen LogP) is 2.54. The molecule has 5 N–H and O–H groups in total. The molecule has 0 radical (unpaired) electrons. The SMILES string of the molecule is COc1cc(N)ccc1SCc1cc(C(=O)NN)sc1C. The van der Waals surface area contributed by atoms with Gasteiger partial charge in [-0.2, -0.15) is 0 Å². The molecule has 7 heteroatoms. The Morgan fingerprint density at radius 2 is 2.19 bits per heavy atom. The Morgan fingerprint density at radius 3 is 2.86 bits per heavy atom. The van der Waals surface area contributed by atoms with Gasteiger partial charge in [0.15, 0.2) is 0 Å². The van der Waals surface area contributed by atoms with E-state index in [1.54, 1.807) is 24.9 Å². The van der Waals surface area contributed by atoms with Crippen LogP contribution in [0.5, 0.6) is 5.75 Å². The molecule has 0 bridgehead atoms.